The second-order valence-electron chi connectivity index (χ2n) is 2.63. The number of carbonyl (C=O) groups is 1. The molecule has 5 heteroatoms. The van der Waals surface area contributed by atoms with Crippen molar-refractivity contribution in [3.63, 3.8) is 0 Å². The van der Waals surface area contributed by atoms with E-state index in [1.165, 1.54) is 0 Å². The number of aliphatic hydroxyl groups is 3. The van der Waals surface area contributed by atoms with Crippen molar-refractivity contribution in [1.82, 2.24) is 0 Å². The Kier molecular flexibility index (Phi) is 4.80. The van der Waals surface area contributed by atoms with Crippen LogP contribution in [0.3, 0.4) is 0 Å². The van der Waals surface area contributed by atoms with Gasteiger partial charge in [0, 0.05) is 0 Å². The molecule has 3 atom stereocenters. The number of carboxylic acid groups (broad SMARTS) is 1. The monoisotopic (exact) mass is 178 g/mol. The molecule has 0 radical (unpaired) electrons. The third kappa shape index (κ3) is 3.17. The fourth-order valence-corrected chi connectivity index (χ4v) is 0.823. The Bertz CT molecular complexity index is 147. The van der Waals surface area contributed by atoms with E-state index in [1.807, 2.05) is 0 Å². The number of carboxylic acids is 1. The minimum atomic E-state index is -1.91. The largest absolute Gasteiger partial charge is 0.479 e. The molecular weight excluding hydrogens is 164 g/mol. The van der Waals surface area contributed by atoms with Gasteiger partial charge in [0.2, 0.25) is 0 Å². The summed E-state index contributed by atoms with van der Waals surface area (Å²) in [5, 5.41) is 35.1. The molecule has 0 aliphatic heterocycles. The number of aliphatic hydroxyl groups excluding tert-OH is 3. The van der Waals surface area contributed by atoms with Crippen molar-refractivity contribution in [3.8, 4) is 0 Å². The number of rotatable bonds is 5. The maximum Gasteiger partial charge on any atom is 0.335 e. The predicted molar refractivity (Wildman–Crippen MR) is 40.6 cm³/mol. The minimum Gasteiger partial charge on any atom is -0.479 e. The van der Waals surface area contributed by atoms with E-state index in [2.05, 4.69) is 0 Å². The van der Waals surface area contributed by atoms with Gasteiger partial charge in [-0.25, -0.2) is 4.79 Å². The lowest BCUT2D eigenvalue weighted by molar-refractivity contribution is -0.158. The van der Waals surface area contributed by atoms with Crippen LogP contribution in [0.25, 0.3) is 0 Å². The van der Waals surface area contributed by atoms with E-state index < -0.39 is 24.3 Å². The van der Waals surface area contributed by atoms with Gasteiger partial charge in [-0.1, -0.05) is 13.3 Å². The second kappa shape index (κ2) is 5.08. The van der Waals surface area contributed by atoms with Gasteiger partial charge in [-0.15, -0.1) is 0 Å². The van der Waals surface area contributed by atoms with Crippen LogP contribution >= 0.6 is 0 Å². The molecule has 0 saturated heterocycles. The SMILES string of the molecule is CCCC(O)C(O)C(O)C(=O)O. The smallest absolute Gasteiger partial charge is 0.335 e. The van der Waals surface area contributed by atoms with Gasteiger partial charge in [0.1, 0.15) is 6.10 Å². The van der Waals surface area contributed by atoms with E-state index in [0.717, 1.165) is 0 Å². The lowest BCUT2D eigenvalue weighted by atomic mass is 10.0. The van der Waals surface area contributed by atoms with E-state index in [4.69, 9.17) is 20.4 Å². The van der Waals surface area contributed by atoms with E-state index in [1.54, 1.807) is 6.92 Å². The molecule has 0 amide bonds. The van der Waals surface area contributed by atoms with Crippen molar-refractivity contribution in [2.45, 2.75) is 38.1 Å². The highest BCUT2D eigenvalue weighted by Gasteiger charge is 2.29. The van der Waals surface area contributed by atoms with Crippen LogP contribution in [0.5, 0.6) is 0 Å². The molecule has 12 heavy (non-hydrogen) atoms. The Morgan fingerprint density at radius 2 is 1.83 bits per heavy atom. The van der Waals surface area contributed by atoms with Crippen LogP contribution in [-0.4, -0.2) is 44.7 Å². The van der Waals surface area contributed by atoms with Crippen molar-refractivity contribution >= 4 is 5.97 Å². The van der Waals surface area contributed by atoms with Crippen LogP contribution < -0.4 is 0 Å². The van der Waals surface area contributed by atoms with Crippen LogP contribution in [0.2, 0.25) is 0 Å². The highest BCUT2D eigenvalue weighted by molar-refractivity contribution is 5.72. The van der Waals surface area contributed by atoms with Gasteiger partial charge in [-0.2, -0.15) is 0 Å². The Morgan fingerprint density at radius 3 is 2.17 bits per heavy atom. The average Bonchev–Trinajstić information content (AvgIpc) is 2.02. The van der Waals surface area contributed by atoms with Crippen LogP contribution in [0.1, 0.15) is 19.8 Å². The highest BCUT2D eigenvalue weighted by Crippen LogP contribution is 2.06. The Hall–Kier alpha value is -0.650. The Balaban J connectivity index is 3.99. The van der Waals surface area contributed by atoms with Crippen molar-refractivity contribution in [3.05, 3.63) is 0 Å². The fraction of sp³-hybridized carbons (Fsp3) is 0.857. The lowest BCUT2D eigenvalue weighted by Gasteiger charge is -2.19. The normalized spacial score (nSPS) is 18.3. The maximum atomic E-state index is 10.1. The van der Waals surface area contributed by atoms with Crippen molar-refractivity contribution in [1.29, 1.82) is 0 Å². The zero-order chi connectivity index (χ0) is 9.72. The van der Waals surface area contributed by atoms with E-state index >= 15 is 0 Å². The Labute approximate surface area is 70.3 Å². The number of aliphatic carboxylic acids is 1. The topological polar surface area (TPSA) is 98.0 Å². The third-order valence-electron chi connectivity index (χ3n) is 1.56. The summed E-state index contributed by atoms with van der Waals surface area (Å²) < 4.78 is 0. The van der Waals surface area contributed by atoms with Gasteiger partial charge < -0.3 is 20.4 Å². The molecule has 0 aromatic rings. The molecule has 0 bridgehead atoms. The highest BCUT2D eigenvalue weighted by atomic mass is 16.4. The van der Waals surface area contributed by atoms with E-state index in [9.17, 15) is 4.79 Å². The first-order valence-corrected chi connectivity index (χ1v) is 3.77. The second-order valence-corrected chi connectivity index (χ2v) is 2.63. The van der Waals surface area contributed by atoms with Crippen molar-refractivity contribution in [2.24, 2.45) is 0 Å². The predicted octanol–water partition coefficient (Wildman–Crippen LogP) is -1.05. The molecule has 0 aromatic heterocycles. The van der Waals surface area contributed by atoms with Crippen LogP contribution in [-0.2, 0) is 4.79 Å². The van der Waals surface area contributed by atoms with Crippen LogP contribution in [0.15, 0.2) is 0 Å². The van der Waals surface area contributed by atoms with Gasteiger partial charge in [-0.05, 0) is 6.42 Å². The maximum absolute atomic E-state index is 10.1. The first-order chi connectivity index (χ1) is 5.50. The molecule has 72 valence electrons. The van der Waals surface area contributed by atoms with E-state index in [-0.39, 0.29) is 6.42 Å². The average molecular weight is 178 g/mol. The van der Waals surface area contributed by atoms with Crippen LogP contribution in [0, 0.1) is 0 Å². The quantitative estimate of drug-likeness (QED) is 0.431. The van der Waals surface area contributed by atoms with Crippen molar-refractivity contribution in [2.75, 3.05) is 0 Å². The summed E-state index contributed by atoms with van der Waals surface area (Å²) in [6.07, 6.45) is -3.81. The summed E-state index contributed by atoms with van der Waals surface area (Å²) in [4.78, 5) is 10.1. The molecule has 0 rings (SSSR count). The standard InChI is InChI=1S/C7H14O5/c1-2-3-4(8)5(9)6(10)7(11)12/h4-6,8-10H,2-3H2,1H3,(H,11,12). The minimum absolute atomic E-state index is 0.269. The molecule has 0 aliphatic rings. The summed E-state index contributed by atoms with van der Waals surface area (Å²) in [7, 11) is 0. The number of hydrogen-bond donors (Lipinski definition) is 4. The number of hydrogen-bond acceptors (Lipinski definition) is 4. The van der Waals surface area contributed by atoms with Crippen LogP contribution in [0.4, 0.5) is 0 Å². The zero-order valence-corrected chi connectivity index (χ0v) is 6.84. The molecule has 0 aliphatic carbocycles. The molecule has 0 heterocycles. The molecule has 0 fully saturated rings. The van der Waals surface area contributed by atoms with Crippen molar-refractivity contribution < 1.29 is 25.2 Å². The third-order valence-corrected chi connectivity index (χ3v) is 1.56. The summed E-state index contributed by atoms with van der Waals surface area (Å²) in [6, 6.07) is 0. The summed E-state index contributed by atoms with van der Waals surface area (Å²) in [5.41, 5.74) is 0. The molecule has 4 N–H and O–H groups in total. The molecule has 0 saturated carbocycles. The Morgan fingerprint density at radius 1 is 1.33 bits per heavy atom. The summed E-state index contributed by atoms with van der Waals surface area (Å²) in [6.45, 7) is 1.78. The first kappa shape index (κ1) is 11.4. The molecule has 3 unspecified atom stereocenters. The molecule has 5 nitrogen and oxygen atoms in total. The summed E-state index contributed by atoms with van der Waals surface area (Å²) >= 11 is 0. The molecular formula is C7H14O5. The van der Waals surface area contributed by atoms with E-state index in [0.29, 0.717) is 6.42 Å². The fourth-order valence-electron chi connectivity index (χ4n) is 0.823. The lowest BCUT2D eigenvalue weighted by Crippen LogP contribution is -2.42. The van der Waals surface area contributed by atoms with Gasteiger partial charge in [0.05, 0.1) is 6.10 Å². The molecule has 0 aromatic carbocycles. The van der Waals surface area contributed by atoms with Gasteiger partial charge in [0.25, 0.3) is 0 Å². The van der Waals surface area contributed by atoms with Gasteiger partial charge >= 0.3 is 5.97 Å². The zero-order valence-electron chi connectivity index (χ0n) is 6.84. The van der Waals surface area contributed by atoms with Gasteiger partial charge in [0.15, 0.2) is 6.10 Å². The van der Waals surface area contributed by atoms with Gasteiger partial charge in [-0.3, -0.25) is 0 Å². The first-order valence-electron chi connectivity index (χ1n) is 3.77. The summed E-state index contributed by atoms with van der Waals surface area (Å²) in [5.74, 6) is -1.53. The molecule has 0 spiro atoms.